The lowest BCUT2D eigenvalue weighted by molar-refractivity contribution is -0.153. The quantitative estimate of drug-likeness (QED) is 0.664. The predicted molar refractivity (Wildman–Crippen MR) is 68.2 cm³/mol. The summed E-state index contributed by atoms with van der Waals surface area (Å²) >= 11 is 0. The third-order valence-electron chi connectivity index (χ3n) is 4.23. The summed E-state index contributed by atoms with van der Waals surface area (Å²) in [5.41, 5.74) is -0.555. The Hall–Kier alpha value is -1.96. The minimum atomic E-state index is -0.840. The normalized spacial score (nSPS) is 20.8. The number of aliphatic carboxylic acids is 1. The molecule has 0 atom stereocenters. The fraction of sp³-hybridized carbons (Fsp3) is 0.667. The van der Waals surface area contributed by atoms with Crippen molar-refractivity contribution in [1.29, 1.82) is 0 Å². The zero-order valence-electron chi connectivity index (χ0n) is 11.0. The summed E-state index contributed by atoms with van der Waals surface area (Å²) in [6.45, 7) is 1.80. The molecule has 1 aliphatic heterocycles. The molecule has 1 amide bonds. The van der Waals surface area contributed by atoms with Crippen LogP contribution in [0, 0.1) is 5.41 Å². The van der Waals surface area contributed by atoms with Crippen LogP contribution in [-0.4, -0.2) is 51.6 Å². The van der Waals surface area contributed by atoms with Crippen molar-refractivity contribution < 1.29 is 14.7 Å². The number of carboxylic acid groups (broad SMARTS) is 1. The topological polar surface area (TPSA) is 109 Å². The maximum atomic E-state index is 12.0. The summed E-state index contributed by atoms with van der Waals surface area (Å²) in [6, 6.07) is 0.251. The summed E-state index contributed by atoms with van der Waals surface area (Å²) in [6.07, 6.45) is 3.73. The van der Waals surface area contributed by atoms with Gasteiger partial charge < -0.3 is 15.7 Å². The molecule has 0 aromatic carbocycles. The molecule has 8 heteroatoms. The molecule has 0 unspecified atom stereocenters. The molecular formula is C12H17N5O3. The smallest absolute Gasteiger partial charge is 0.311 e. The van der Waals surface area contributed by atoms with Crippen LogP contribution < -0.4 is 10.6 Å². The Kier molecular flexibility index (Phi) is 3.17. The molecule has 3 N–H and O–H groups in total. The van der Waals surface area contributed by atoms with Crippen molar-refractivity contribution in [2.45, 2.75) is 25.3 Å². The molecule has 2 aliphatic rings. The van der Waals surface area contributed by atoms with Crippen LogP contribution in [0.3, 0.4) is 0 Å². The maximum Gasteiger partial charge on any atom is 0.311 e. The van der Waals surface area contributed by atoms with Gasteiger partial charge in [-0.05, 0) is 12.8 Å². The van der Waals surface area contributed by atoms with Gasteiger partial charge in [0.2, 0.25) is 0 Å². The second-order valence-electron chi connectivity index (χ2n) is 5.52. The summed E-state index contributed by atoms with van der Waals surface area (Å²) in [4.78, 5) is 23.2. The van der Waals surface area contributed by atoms with Crippen molar-refractivity contribution in [3.8, 4) is 0 Å². The summed E-state index contributed by atoms with van der Waals surface area (Å²) in [7, 11) is 0. The maximum absolute atomic E-state index is 12.0. The van der Waals surface area contributed by atoms with Crippen LogP contribution in [0.2, 0.25) is 0 Å². The molecule has 2 fully saturated rings. The van der Waals surface area contributed by atoms with Crippen molar-refractivity contribution in [3.05, 3.63) is 11.9 Å². The summed E-state index contributed by atoms with van der Waals surface area (Å²) in [5.74, 6) is -1.20. The fourth-order valence-corrected chi connectivity index (χ4v) is 2.43. The second-order valence-corrected chi connectivity index (χ2v) is 5.52. The number of hydrogen-bond acceptors (Lipinski definition) is 5. The summed E-state index contributed by atoms with van der Waals surface area (Å²) < 4.78 is 1.67. The molecule has 2 heterocycles. The highest BCUT2D eigenvalue weighted by Gasteiger charge is 2.44. The molecule has 1 aromatic rings. The molecule has 3 rings (SSSR count). The highest BCUT2D eigenvalue weighted by Crippen LogP contribution is 2.40. The fourth-order valence-electron chi connectivity index (χ4n) is 2.43. The predicted octanol–water partition coefficient (Wildman–Crippen LogP) is -0.593. The Balaban J connectivity index is 1.58. The first-order valence-electron chi connectivity index (χ1n) is 6.75. The second kappa shape index (κ2) is 4.86. The van der Waals surface area contributed by atoms with Crippen LogP contribution in [0.15, 0.2) is 6.20 Å². The van der Waals surface area contributed by atoms with Crippen LogP contribution in [0.25, 0.3) is 0 Å². The number of nitrogens with one attached hydrogen (secondary N) is 2. The van der Waals surface area contributed by atoms with E-state index in [0.717, 1.165) is 19.5 Å². The molecule has 0 bridgehead atoms. The van der Waals surface area contributed by atoms with Crippen molar-refractivity contribution in [2.24, 2.45) is 5.41 Å². The number of aromatic nitrogens is 3. The van der Waals surface area contributed by atoms with E-state index in [1.54, 1.807) is 10.9 Å². The van der Waals surface area contributed by atoms with E-state index in [9.17, 15) is 14.7 Å². The molecular weight excluding hydrogens is 262 g/mol. The molecule has 8 nitrogen and oxygen atoms in total. The monoisotopic (exact) mass is 279 g/mol. The van der Waals surface area contributed by atoms with Crippen LogP contribution in [0.4, 0.5) is 0 Å². The lowest BCUT2D eigenvalue weighted by atomic mass is 9.69. The van der Waals surface area contributed by atoms with Crippen molar-refractivity contribution in [2.75, 3.05) is 19.6 Å². The van der Waals surface area contributed by atoms with E-state index in [2.05, 4.69) is 20.9 Å². The van der Waals surface area contributed by atoms with E-state index in [4.69, 9.17) is 0 Å². The number of amides is 1. The van der Waals surface area contributed by atoms with E-state index in [1.807, 2.05) is 0 Å². The Morgan fingerprint density at radius 1 is 1.50 bits per heavy atom. The number of carbonyl (C=O) groups excluding carboxylic acids is 1. The number of carboxylic acids is 1. The van der Waals surface area contributed by atoms with E-state index in [-0.39, 0.29) is 24.2 Å². The number of rotatable bonds is 5. The Morgan fingerprint density at radius 2 is 2.25 bits per heavy atom. The molecule has 0 radical (unpaired) electrons. The molecule has 108 valence electrons. The molecule has 1 aromatic heterocycles. The SMILES string of the molecule is O=C(NCC1(C(=O)O)CCC1)c1cn(C2CNC2)nn1. The van der Waals surface area contributed by atoms with Crippen molar-refractivity contribution in [1.82, 2.24) is 25.6 Å². The van der Waals surface area contributed by atoms with Gasteiger partial charge in [0, 0.05) is 19.6 Å². The largest absolute Gasteiger partial charge is 0.481 e. The minimum Gasteiger partial charge on any atom is -0.481 e. The first kappa shape index (κ1) is 13.0. The number of hydrogen-bond donors (Lipinski definition) is 3. The zero-order valence-corrected chi connectivity index (χ0v) is 11.0. The van der Waals surface area contributed by atoms with Gasteiger partial charge in [-0.15, -0.1) is 5.10 Å². The highest BCUT2D eigenvalue weighted by molar-refractivity contribution is 5.92. The van der Waals surface area contributed by atoms with Gasteiger partial charge in [-0.25, -0.2) is 4.68 Å². The molecule has 1 saturated carbocycles. The molecule has 20 heavy (non-hydrogen) atoms. The van der Waals surface area contributed by atoms with Crippen LogP contribution in [-0.2, 0) is 4.79 Å². The lowest BCUT2D eigenvalue weighted by Gasteiger charge is -2.37. The molecule has 0 spiro atoms. The third kappa shape index (κ3) is 2.15. The van der Waals surface area contributed by atoms with E-state index >= 15 is 0 Å². The third-order valence-corrected chi connectivity index (χ3v) is 4.23. The van der Waals surface area contributed by atoms with Crippen LogP contribution in [0.1, 0.15) is 35.8 Å². The van der Waals surface area contributed by atoms with Crippen molar-refractivity contribution in [3.63, 3.8) is 0 Å². The lowest BCUT2D eigenvalue weighted by Crippen LogP contribution is -2.47. The van der Waals surface area contributed by atoms with Gasteiger partial charge in [-0.1, -0.05) is 11.6 Å². The van der Waals surface area contributed by atoms with E-state index in [1.165, 1.54) is 0 Å². The molecule has 1 aliphatic carbocycles. The minimum absolute atomic E-state index is 0.152. The Morgan fingerprint density at radius 3 is 2.75 bits per heavy atom. The summed E-state index contributed by atoms with van der Waals surface area (Å²) in [5, 5.41) is 22.7. The first-order chi connectivity index (χ1) is 9.61. The van der Waals surface area contributed by atoms with Gasteiger partial charge in [0.25, 0.3) is 5.91 Å². The van der Waals surface area contributed by atoms with Gasteiger partial charge in [0.15, 0.2) is 5.69 Å². The van der Waals surface area contributed by atoms with Gasteiger partial charge in [-0.2, -0.15) is 0 Å². The average molecular weight is 279 g/mol. The zero-order chi connectivity index (χ0) is 14.2. The van der Waals surface area contributed by atoms with Crippen LogP contribution in [0.5, 0.6) is 0 Å². The van der Waals surface area contributed by atoms with Crippen LogP contribution >= 0.6 is 0 Å². The first-order valence-corrected chi connectivity index (χ1v) is 6.75. The Labute approximate surface area is 115 Å². The standard InChI is InChI=1S/C12H17N5O3/c18-10(14-7-12(11(19)20)2-1-3-12)9-6-17(16-15-9)8-4-13-5-8/h6,8,13H,1-5,7H2,(H,14,18)(H,19,20). The highest BCUT2D eigenvalue weighted by atomic mass is 16.4. The van der Waals surface area contributed by atoms with E-state index in [0.29, 0.717) is 12.8 Å². The number of nitrogens with zero attached hydrogens (tertiary/aromatic N) is 3. The van der Waals surface area contributed by atoms with Gasteiger partial charge in [-0.3, -0.25) is 9.59 Å². The van der Waals surface area contributed by atoms with Gasteiger partial charge >= 0.3 is 5.97 Å². The molecule has 1 saturated heterocycles. The van der Waals surface area contributed by atoms with E-state index < -0.39 is 11.4 Å². The van der Waals surface area contributed by atoms with Crippen molar-refractivity contribution >= 4 is 11.9 Å². The number of carbonyl (C=O) groups is 2. The van der Waals surface area contributed by atoms with Gasteiger partial charge in [0.1, 0.15) is 0 Å². The Bertz CT molecular complexity index is 533. The average Bonchev–Trinajstić information content (AvgIpc) is 2.73. The van der Waals surface area contributed by atoms with Gasteiger partial charge in [0.05, 0.1) is 17.7 Å².